The van der Waals surface area contributed by atoms with Gasteiger partial charge in [0.05, 0.1) is 11.6 Å². The monoisotopic (exact) mass is 378 g/mol. The van der Waals surface area contributed by atoms with Crippen LogP contribution in [-0.2, 0) is 18.4 Å². The van der Waals surface area contributed by atoms with Crippen molar-refractivity contribution in [2.45, 2.75) is 53.1 Å². The Hall–Kier alpha value is -1.86. The molecule has 0 aliphatic rings. The summed E-state index contributed by atoms with van der Waals surface area (Å²) >= 11 is 1.75. The molecule has 0 spiro atoms. The van der Waals surface area contributed by atoms with Crippen LogP contribution in [0.25, 0.3) is 0 Å². The number of hydrogen-bond acceptors (Lipinski definition) is 5. The SMILES string of the molecule is CCNC(=NCC(C)(O)c1cc(C)oc1C)NCCc1ncc(CC)s1. The van der Waals surface area contributed by atoms with Gasteiger partial charge in [-0.2, -0.15) is 0 Å². The molecule has 1 unspecified atom stereocenters. The van der Waals surface area contributed by atoms with Crippen molar-refractivity contribution in [1.82, 2.24) is 15.6 Å². The lowest BCUT2D eigenvalue weighted by atomic mass is 9.96. The molecule has 144 valence electrons. The first-order valence-electron chi connectivity index (χ1n) is 9.11. The summed E-state index contributed by atoms with van der Waals surface area (Å²) in [6.07, 6.45) is 3.83. The van der Waals surface area contributed by atoms with Gasteiger partial charge in [0.25, 0.3) is 0 Å². The van der Waals surface area contributed by atoms with Gasteiger partial charge >= 0.3 is 0 Å². The lowest BCUT2D eigenvalue weighted by Gasteiger charge is -2.21. The first kappa shape index (κ1) is 20.5. The van der Waals surface area contributed by atoms with E-state index in [9.17, 15) is 5.11 Å². The van der Waals surface area contributed by atoms with Crippen LogP contribution in [0.2, 0.25) is 0 Å². The van der Waals surface area contributed by atoms with E-state index in [4.69, 9.17) is 4.42 Å². The molecule has 1 atom stereocenters. The number of thiazole rings is 1. The lowest BCUT2D eigenvalue weighted by Crippen LogP contribution is -2.39. The summed E-state index contributed by atoms with van der Waals surface area (Å²) in [6, 6.07) is 1.87. The number of hydrogen-bond donors (Lipinski definition) is 3. The highest BCUT2D eigenvalue weighted by atomic mass is 32.1. The molecule has 2 rings (SSSR count). The average molecular weight is 379 g/mol. The number of aryl methyl sites for hydroxylation is 3. The highest BCUT2D eigenvalue weighted by Crippen LogP contribution is 2.27. The van der Waals surface area contributed by atoms with Crippen LogP contribution in [0.15, 0.2) is 21.7 Å². The summed E-state index contributed by atoms with van der Waals surface area (Å²) in [6.45, 7) is 11.4. The maximum Gasteiger partial charge on any atom is 0.191 e. The van der Waals surface area contributed by atoms with Crippen LogP contribution in [0.3, 0.4) is 0 Å². The van der Waals surface area contributed by atoms with Gasteiger partial charge in [-0.3, -0.25) is 0 Å². The van der Waals surface area contributed by atoms with Gasteiger partial charge in [0.2, 0.25) is 0 Å². The Morgan fingerprint density at radius 1 is 1.35 bits per heavy atom. The second kappa shape index (κ2) is 9.19. The highest BCUT2D eigenvalue weighted by molar-refractivity contribution is 7.11. The molecule has 3 N–H and O–H groups in total. The van der Waals surface area contributed by atoms with Crippen LogP contribution >= 0.6 is 11.3 Å². The Labute approximate surface area is 159 Å². The molecule has 0 bridgehead atoms. The molecule has 0 radical (unpaired) electrons. The van der Waals surface area contributed by atoms with E-state index in [1.54, 1.807) is 18.3 Å². The number of guanidine groups is 1. The molecule has 0 aliphatic heterocycles. The standard InChI is InChI=1S/C19H30N4O2S/c1-6-15-11-22-17(26-15)8-9-21-18(20-7-2)23-12-19(5,24)16-10-13(3)25-14(16)4/h10-11,24H,6-9,12H2,1-5H3,(H2,20,21,23). The van der Waals surface area contributed by atoms with Crippen molar-refractivity contribution in [3.8, 4) is 0 Å². The Morgan fingerprint density at radius 2 is 2.12 bits per heavy atom. The fourth-order valence-corrected chi connectivity index (χ4v) is 3.60. The van der Waals surface area contributed by atoms with Gasteiger partial charge in [-0.15, -0.1) is 11.3 Å². The fourth-order valence-electron chi connectivity index (χ4n) is 2.74. The third kappa shape index (κ3) is 5.57. The van der Waals surface area contributed by atoms with Crippen LogP contribution in [0.4, 0.5) is 0 Å². The second-order valence-electron chi connectivity index (χ2n) is 6.55. The number of nitrogens with one attached hydrogen (secondary N) is 2. The zero-order valence-corrected chi connectivity index (χ0v) is 17.2. The molecule has 0 fully saturated rings. The van der Waals surface area contributed by atoms with Gasteiger partial charge in [0, 0.05) is 36.1 Å². The van der Waals surface area contributed by atoms with Gasteiger partial charge in [0.15, 0.2) is 5.96 Å². The minimum atomic E-state index is -1.07. The zero-order valence-electron chi connectivity index (χ0n) is 16.3. The lowest BCUT2D eigenvalue weighted by molar-refractivity contribution is 0.0657. The largest absolute Gasteiger partial charge is 0.466 e. The quantitative estimate of drug-likeness (QED) is 0.486. The summed E-state index contributed by atoms with van der Waals surface area (Å²) in [5.41, 5.74) is -0.292. The summed E-state index contributed by atoms with van der Waals surface area (Å²) in [4.78, 5) is 10.3. The molecular formula is C19H30N4O2S. The number of nitrogens with zero attached hydrogens (tertiary/aromatic N) is 2. The zero-order chi connectivity index (χ0) is 19.2. The molecule has 7 heteroatoms. The number of aliphatic imine (C=N–C) groups is 1. The minimum absolute atomic E-state index is 0.249. The summed E-state index contributed by atoms with van der Waals surface area (Å²) in [5, 5.41) is 18.5. The van der Waals surface area contributed by atoms with Crippen LogP contribution in [0.5, 0.6) is 0 Å². The van der Waals surface area contributed by atoms with E-state index in [-0.39, 0.29) is 6.54 Å². The molecule has 2 aromatic heterocycles. The Bertz CT molecular complexity index is 734. The third-order valence-electron chi connectivity index (χ3n) is 4.09. The summed E-state index contributed by atoms with van der Waals surface area (Å²) in [5.74, 6) is 2.22. The predicted molar refractivity (Wildman–Crippen MR) is 107 cm³/mol. The smallest absolute Gasteiger partial charge is 0.191 e. The first-order valence-corrected chi connectivity index (χ1v) is 9.93. The maximum atomic E-state index is 10.8. The maximum absolute atomic E-state index is 10.8. The molecule has 0 aliphatic carbocycles. The minimum Gasteiger partial charge on any atom is -0.466 e. The van der Waals surface area contributed by atoms with Gasteiger partial charge in [-0.05, 0) is 40.2 Å². The molecule has 2 heterocycles. The topological polar surface area (TPSA) is 82.7 Å². The van der Waals surface area contributed by atoms with Crippen molar-refractivity contribution in [1.29, 1.82) is 0 Å². The highest BCUT2D eigenvalue weighted by Gasteiger charge is 2.27. The summed E-state index contributed by atoms with van der Waals surface area (Å²) in [7, 11) is 0. The molecule has 0 saturated carbocycles. The number of aromatic nitrogens is 1. The van der Waals surface area contributed by atoms with Gasteiger partial charge < -0.3 is 20.2 Å². The van der Waals surface area contributed by atoms with Crippen molar-refractivity contribution >= 4 is 17.3 Å². The van der Waals surface area contributed by atoms with Gasteiger partial charge in [0.1, 0.15) is 17.1 Å². The average Bonchev–Trinajstić information content (AvgIpc) is 3.19. The Kier molecular flexibility index (Phi) is 7.23. The van der Waals surface area contributed by atoms with Crippen LogP contribution < -0.4 is 10.6 Å². The van der Waals surface area contributed by atoms with Gasteiger partial charge in [-0.25, -0.2) is 9.98 Å². The summed E-state index contributed by atoms with van der Waals surface area (Å²) < 4.78 is 5.53. The van der Waals surface area contributed by atoms with Crippen LogP contribution in [0, 0.1) is 13.8 Å². The van der Waals surface area contributed by atoms with Crippen LogP contribution in [-0.4, -0.2) is 35.7 Å². The van der Waals surface area contributed by atoms with E-state index in [1.165, 1.54) is 4.88 Å². The van der Waals surface area contributed by atoms with Crippen LogP contribution in [0.1, 0.15) is 47.7 Å². The number of rotatable bonds is 8. The molecule has 0 amide bonds. The fraction of sp³-hybridized carbons (Fsp3) is 0.579. The van der Waals surface area contributed by atoms with Gasteiger partial charge in [-0.1, -0.05) is 6.92 Å². The van der Waals surface area contributed by atoms with E-state index >= 15 is 0 Å². The van der Waals surface area contributed by atoms with Crippen molar-refractivity contribution < 1.29 is 9.52 Å². The van der Waals surface area contributed by atoms with Crippen molar-refractivity contribution in [2.24, 2.45) is 4.99 Å². The van der Waals surface area contributed by atoms with E-state index in [0.717, 1.165) is 48.0 Å². The van der Waals surface area contributed by atoms with E-state index in [2.05, 4.69) is 27.5 Å². The Balaban J connectivity index is 1.95. The van der Waals surface area contributed by atoms with E-state index < -0.39 is 5.60 Å². The molecule has 2 aromatic rings. The Morgan fingerprint density at radius 3 is 2.69 bits per heavy atom. The molecule has 6 nitrogen and oxygen atoms in total. The molecule has 0 saturated heterocycles. The normalized spacial score (nSPS) is 14.3. The number of furan rings is 1. The van der Waals surface area contributed by atoms with Crippen molar-refractivity contribution in [2.75, 3.05) is 19.6 Å². The predicted octanol–water partition coefficient (Wildman–Crippen LogP) is 2.92. The second-order valence-corrected chi connectivity index (χ2v) is 7.75. The van der Waals surface area contributed by atoms with Crippen molar-refractivity contribution in [3.63, 3.8) is 0 Å². The first-order chi connectivity index (χ1) is 12.4. The molecule has 26 heavy (non-hydrogen) atoms. The number of aliphatic hydroxyl groups is 1. The molecule has 0 aromatic carbocycles. The third-order valence-corrected chi connectivity index (χ3v) is 5.29. The van der Waals surface area contributed by atoms with E-state index in [1.807, 2.05) is 33.0 Å². The van der Waals surface area contributed by atoms with Crippen molar-refractivity contribution in [3.05, 3.63) is 39.2 Å². The van der Waals surface area contributed by atoms with E-state index in [0.29, 0.717) is 5.96 Å². The molecular weight excluding hydrogens is 348 g/mol.